The van der Waals surface area contributed by atoms with Gasteiger partial charge in [0.15, 0.2) is 9.84 Å². The lowest BCUT2D eigenvalue weighted by Gasteiger charge is -2.19. The van der Waals surface area contributed by atoms with Crippen molar-refractivity contribution >= 4 is 15.7 Å². The number of likely N-dealkylation sites (tertiary alicyclic amines) is 1. The van der Waals surface area contributed by atoms with Gasteiger partial charge >= 0.3 is 0 Å². The SMILES string of the molecule is NCCS(=O)(=O)CC(=O)N1CCCCCC1. The lowest BCUT2D eigenvalue weighted by Crippen LogP contribution is -2.37. The Hall–Kier alpha value is -0.620. The van der Waals surface area contributed by atoms with Gasteiger partial charge in [0.25, 0.3) is 0 Å². The molecule has 0 aromatic heterocycles. The van der Waals surface area contributed by atoms with E-state index < -0.39 is 9.84 Å². The van der Waals surface area contributed by atoms with E-state index in [9.17, 15) is 13.2 Å². The molecular weight excluding hydrogens is 228 g/mol. The topological polar surface area (TPSA) is 80.5 Å². The molecule has 0 saturated carbocycles. The maximum atomic E-state index is 11.7. The standard InChI is InChI=1S/C10H20N2O3S/c11-5-8-16(14,15)9-10(13)12-6-3-1-2-4-7-12/h1-9,11H2. The van der Waals surface area contributed by atoms with Crippen molar-refractivity contribution in [2.24, 2.45) is 5.73 Å². The van der Waals surface area contributed by atoms with Crippen LogP contribution in [0.4, 0.5) is 0 Å². The minimum atomic E-state index is -3.31. The predicted octanol–water partition coefficient (Wildman–Crippen LogP) is -0.237. The third kappa shape index (κ3) is 4.49. The van der Waals surface area contributed by atoms with E-state index in [4.69, 9.17) is 5.73 Å². The zero-order valence-electron chi connectivity index (χ0n) is 9.52. The molecule has 94 valence electrons. The molecular formula is C10H20N2O3S. The average Bonchev–Trinajstić information content (AvgIpc) is 2.44. The summed E-state index contributed by atoms with van der Waals surface area (Å²) in [6.07, 6.45) is 4.20. The van der Waals surface area contributed by atoms with Crippen LogP contribution in [0.15, 0.2) is 0 Å². The van der Waals surface area contributed by atoms with Crippen LogP contribution in [-0.4, -0.2) is 50.4 Å². The number of hydrogen-bond acceptors (Lipinski definition) is 4. The smallest absolute Gasteiger partial charge is 0.237 e. The molecule has 1 rings (SSSR count). The second-order valence-electron chi connectivity index (χ2n) is 4.18. The van der Waals surface area contributed by atoms with E-state index in [-0.39, 0.29) is 24.0 Å². The van der Waals surface area contributed by atoms with Gasteiger partial charge in [0.05, 0.1) is 5.75 Å². The second kappa shape index (κ2) is 6.20. The number of rotatable bonds is 4. The van der Waals surface area contributed by atoms with E-state index in [1.165, 1.54) is 0 Å². The van der Waals surface area contributed by atoms with Gasteiger partial charge in [-0.15, -0.1) is 0 Å². The van der Waals surface area contributed by atoms with Crippen molar-refractivity contribution in [1.29, 1.82) is 0 Å². The molecule has 1 aliphatic heterocycles. The number of nitrogens with two attached hydrogens (primary N) is 1. The minimum absolute atomic E-state index is 0.0790. The van der Waals surface area contributed by atoms with Crippen LogP contribution in [0, 0.1) is 0 Å². The third-order valence-electron chi connectivity index (χ3n) is 2.73. The minimum Gasteiger partial charge on any atom is -0.342 e. The molecule has 1 aliphatic rings. The number of carbonyl (C=O) groups excluding carboxylic acids is 1. The normalized spacial score (nSPS) is 18.2. The van der Waals surface area contributed by atoms with Crippen molar-refractivity contribution in [3.05, 3.63) is 0 Å². The van der Waals surface area contributed by atoms with E-state index >= 15 is 0 Å². The molecule has 2 N–H and O–H groups in total. The zero-order chi connectivity index (χ0) is 12.0. The molecule has 1 amide bonds. The van der Waals surface area contributed by atoms with Crippen molar-refractivity contribution in [3.63, 3.8) is 0 Å². The molecule has 0 aromatic carbocycles. The van der Waals surface area contributed by atoms with Crippen LogP contribution in [0.2, 0.25) is 0 Å². The van der Waals surface area contributed by atoms with Crippen molar-refractivity contribution in [2.75, 3.05) is 31.1 Å². The van der Waals surface area contributed by atoms with E-state index in [0.717, 1.165) is 25.7 Å². The highest BCUT2D eigenvalue weighted by Gasteiger charge is 2.21. The molecule has 6 heteroatoms. The van der Waals surface area contributed by atoms with E-state index in [1.54, 1.807) is 4.90 Å². The molecule has 16 heavy (non-hydrogen) atoms. The third-order valence-corrected chi connectivity index (χ3v) is 4.28. The highest BCUT2D eigenvalue weighted by molar-refractivity contribution is 7.92. The Balaban J connectivity index is 2.50. The van der Waals surface area contributed by atoms with Crippen LogP contribution in [0.3, 0.4) is 0 Å². The zero-order valence-corrected chi connectivity index (χ0v) is 10.3. The molecule has 1 saturated heterocycles. The first-order valence-corrected chi connectivity index (χ1v) is 7.55. The van der Waals surface area contributed by atoms with Gasteiger partial charge in [-0.05, 0) is 12.8 Å². The molecule has 0 bridgehead atoms. The summed E-state index contributed by atoms with van der Waals surface area (Å²) in [5, 5.41) is 0. The summed E-state index contributed by atoms with van der Waals surface area (Å²) in [6.45, 7) is 1.46. The highest BCUT2D eigenvalue weighted by Crippen LogP contribution is 2.10. The summed E-state index contributed by atoms with van der Waals surface area (Å²) >= 11 is 0. The van der Waals surface area contributed by atoms with Gasteiger partial charge in [0, 0.05) is 19.6 Å². The molecule has 0 aliphatic carbocycles. The molecule has 0 atom stereocenters. The number of hydrogen-bond donors (Lipinski definition) is 1. The second-order valence-corrected chi connectivity index (χ2v) is 6.36. The van der Waals surface area contributed by atoms with E-state index in [0.29, 0.717) is 13.1 Å². The Morgan fingerprint density at radius 3 is 2.19 bits per heavy atom. The fourth-order valence-corrected chi connectivity index (χ4v) is 2.91. The molecule has 0 unspecified atom stereocenters. The van der Waals surface area contributed by atoms with Gasteiger partial charge in [-0.3, -0.25) is 4.79 Å². The van der Waals surface area contributed by atoms with Gasteiger partial charge in [0.2, 0.25) is 5.91 Å². The Kier molecular flexibility index (Phi) is 5.21. The lowest BCUT2D eigenvalue weighted by atomic mass is 10.2. The van der Waals surface area contributed by atoms with Gasteiger partial charge in [-0.25, -0.2) is 8.42 Å². The summed E-state index contributed by atoms with van der Waals surface area (Å²) in [5.41, 5.74) is 5.19. The summed E-state index contributed by atoms with van der Waals surface area (Å²) in [6, 6.07) is 0. The Morgan fingerprint density at radius 1 is 1.12 bits per heavy atom. The number of nitrogens with zero attached hydrogens (tertiary/aromatic N) is 1. The van der Waals surface area contributed by atoms with Crippen molar-refractivity contribution in [1.82, 2.24) is 4.90 Å². The number of amides is 1. The summed E-state index contributed by atoms with van der Waals surface area (Å²) in [5.74, 6) is -0.757. The van der Waals surface area contributed by atoms with E-state index in [2.05, 4.69) is 0 Å². The monoisotopic (exact) mass is 248 g/mol. The van der Waals surface area contributed by atoms with Crippen LogP contribution >= 0.6 is 0 Å². The quantitative estimate of drug-likeness (QED) is 0.744. The molecule has 5 nitrogen and oxygen atoms in total. The fraction of sp³-hybridized carbons (Fsp3) is 0.900. The predicted molar refractivity (Wildman–Crippen MR) is 62.8 cm³/mol. The molecule has 0 aromatic rings. The van der Waals surface area contributed by atoms with Gasteiger partial charge in [-0.2, -0.15) is 0 Å². The lowest BCUT2D eigenvalue weighted by molar-refractivity contribution is -0.128. The number of carbonyl (C=O) groups is 1. The maximum absolute atomic E-state index is 11.7. The van der Waals surface area contributed by atoms with Crippen molar-refractivity contribution in [2.45, 2.75) is 25.7 Å². The number of sulfone groups is 1. The van der Waals surface area contributed by atoms with Crippen LogP contribution < -0.4 is 5.73 Å². The van der Waals surface area contributed by atoms with Crippen LogP contribution in [0.25, 0.3) is 0 Å². The average molecular weight is 248 g/mol. The molecule has 0 spiro atoms. The molecule has 1 heterocycles. The summed E-state index contributed by atoms with van der Waals surface area (Å²) in [7, 11) is -3.31. The van der Waals surface area contributed by atoms with Crippen molar-refractivity contribution in [3.8, 4) is 0 Å². The summed E-state index contributed by atoms with van der Waals surface area (Å²) in [4.78, 5) is 13.4. The van der Waals surface area contributed by atoms with Gasteiger partial charge in [0.1, 0.15) is 5.75 Å². The van der Waals surface area contributed by atoms with Crippen LogP contribution in [0.1, 0.15) is 25.7 Å². The van der Waals surface area contributed by atoms with Crippen LogP contribution in [0.5, 0.6) is 0 Å². The van der Waals surface area contributed by atoms with Crippen molar-refractivity contribution < 1.29 is 13.2 Å². The first kappa shape index (κ1) is 13.4. The Bertz CT molecular complexity index is 319. The van der Waals surface area contributed by atoms with Crippen LogP contribution in [-0.2, 0) is 14.6 Å². The van der Waals surface area contributed by atoms with Gasteiger partial charge < -0.3 is 10.6 Å². The first-order chi connectivity index (χ1) is 7.55. The largest absolute Gasteiger partial charge is 0.342 e. The molecule has 0 radical (unpaired) electrons. The maximum Gasteiger partial charge on any atom is 0.237 e. The van der Waals surface area contributed by atoms with Gasteiger partial charge in [-0.1, -0.05) is 12.8 Å². The first-order valence-electron chi connectivity index (χ1n) is 5.73. The Morgan fingerprint density at radius 2 is 1.69 bits per heavy atom. The fourth-order valence-electron chi connectivity index (χ4n) is 1.85. The highest BCUT2D eigenvalue weighted by atomic mass is 32.2. The molecule has 1 fully saturated rings. The van der Waals surface area contributed by atoms with E-state index in [1.807, 2.05) is 0 Å². The Labute approximate surface area is 96.9 Å². The summed E-state index contributed by atoms with van der Waals surface area (Å²) < 4.78 is 22.9.